The third-order valence-electron chi connectivity index (χ3n) is 5.63. The minimum Gasteiger partial charge on any atom is -0.463 e. The number of halogens is 1. The van der Waals surface area contributed by atoms with E-state index in [0.717, 1.165) is 16.6 Å². The Morgan fingerprint density at radius 2 is 1.96 bits per heavy atom. The summed E-state index contributed by atoms with van der Waals surface area (Å²) >= 11 is 3.61. The zero-order chi connectivity index (χ0) is 18.7. The summed E-state index contributed by atoms with van der Waals surface area (Å²) in [5, 5.41) is 19.4. The molecule has 0 amide bonds. The molecule has 4 rings (SSSR count). The minimum absolute atomic E-state index is 0.113. The molecule has 2 aromatic carbocycles. The zero-order valence-electron chi connectivity index (χ0n) is 14.9. The molecule has 0 aliphatic carbocycles. The lowest BCUT2D eigenvalue weighted by atomic mass is 9.75. The fourth-order valence-electron chi connectivity index (χ4n) is 4.28. The smallest absolute Gasteiger partial charge is 0.211 e. The summed E-state index contributed by atoms with van der Waals surface area (Å²) in [6.45, 7) is 4.41. The van der Waals surface area contributed by atoms with E-state index in [0.29, 0.717) is 5.75 Å². The molecule has 26 heavy (non-hydrogen) atoms. The number of ether oxygens (including phenoxy) is 1. The third-order valence-corrected chi connectivity index (χ3v) is 6.24. The van der Waals surface area contributed by atoms with Gasteiger partial charge in [0.1, 0.15) is 5.75 Å². The van der Waals surface area contributed by atoms with E-state index in [2.05, 4.69) is 66.0 Å². The summed E-state index contributed by atoms with van der Waals surface area (Å²) in [4.78, 5) is 2.19. The van der Waals surface area contributed by atoms with Crippen LogP contribution in [0.15, 0.2) is 42.5 Å². The molecule has 2 aromatic rings. The standard InChI is InChI=1S/C20H21BrN2O3/c1-19(2)18-14(12-21)5-4-6-16(18)22(3)20(19)10-9-13-11-15(23(24)25)7-8-17(13)26-20/h4-11,24-25H,12H2,1-3H3. The molecular formula is C20H21BrN2O3. The van der Waals surface area contributed by atoms with Crippen LogP contribution in [-0.4, -0.2) is 23.2 Å². The van der Waals surface area contributed by atoms with Gasteiger partial charge in [0.25, 0.3) is 0 Å². The first kappa shape index (κ1) is 17.4. The Kier molecular flexibility index (Phi) is 3.84. The van der Waals surface area contributed by atoms with Crippen molar-refractivity contribution in [1.82, 2.24) is 0 Å². The van der Waals surface area contributed by atoms with Crippen molar-refractivity contribution in [1.29, 1.82) is 0 Å². The Morgan fingerprint density at radius 3 is 2.65 bits per heavy atom. The van der Waals surface area contributed by atoms with Crippen LogP contribution in [0.1, 0.15) is 30.5 Å². The van der Waals surface area contributed by atoms with E-state index in [1.807, 2.05) is 6.08 Å². The largest absolute Gasteiger partial charge is 0.463 e. The van der Waals surface area contributed by atoms with Crippen LogP contribution in [0.5, 0.6) is 5.75 Å². The van der Waals surface area contributed by atoms with Gasteiger partial charge in [0.2, 0.25) is 5.72 Å². The molecule has 1 unspecified atom stereocenters. The maximum Gasteiger partial charge on any atom is 0.211 e. The molecule has 5 nitrogen and oxygen atoms in total. The fourth-order valence-corrected chi connectivity index (χ4v) is 4.75. The van der Waals surface area contributed by atoms with E-state index in [4.69, 9.17) is 4.74 Å². The first-order valence-electron chi connectivity index (χ1n) is 8.44. The zero-order valence-corrected chi connectivity index (χ0v) is 16.5. The summed E-state index contributed by atoms with van der Waals surface area (Å²) in [6, 6.07) is 11.4. The Labute approximate surface area is 161 Å². The van der Waals surface area contributed by atoms with Gasteiger partial charge in [-0.3, -0.25) is 10.4 Å². The lowest BCUT2D eigenvalue weighted by Crippen LogP contribution is -2.58. The lowest BCUT2D eigenvalue weighted by molar-refractivity contribution is 0.0289. The van der Waals surface area contributed by atoms with Gasteiger partial charge in [0, 0.05) is 23.6 Å². The predicted octanol–water partition coefficient (Wildman–Crippen LogP) is 4.70. The first-order chi connectivity index (χ1) is 12.3. The number of anilines is 2. The number of likely N-dealkylation sites (N-methyl/N-ethyl adjacent to an activating group) is 1. The molecule has 2 heterocycles. The molecule has 6 heteroatoms. The number of nitrogens with zero attached hydrogens (tertiary/aromatic N) is 2. The van der Waals surface area contributed by atoms with Gasteiger partial charge in [0.15, 0.2) is 0 Å². The maximum atomic E-state index is 9.24. The van der Waals surface area contributed by atoms with Crippen LogP contribution in [0.25, 0.3) is 6.08 Å². The van der Waals surface area contributed by atoms with E-state index in [9.17, 15) is 10.4 Å². The number of fused-ring (bicyclic) bond motifs is 2. The van der Waals surface area contributed by atoms with Crippen LogP contribution >= 0.6 is 15.9 Å². The third kappa shape index (κ3) is 2.16. The van der Waals surface area contributed by atoms with E-state index in [-0.39, 0.29) is 16.3 Å². The molecule has 0 bridgehead atoms. The minimum atomic E-state index is -0.653. The van der Waals surface area contributed by atoms with Crippen molar-refractivity contribution in [3.63, 3.8) is 0 Å². The van der Waals surface area contributed by atoms with Gasteiger partial charge >= 0.3 is 0 Å². The number of rotatable bonds is 2. The molecule has 2 N–H and O–H groups in total. The molecule has 2 aliphatic rings. The number of benzene rings is 2. The average molecular weight is 417 g/mol. The molecule has 1 atom stereocenters. The van der Waals surface area contributed by atoms with E-state index in [1.165, 1.54) is 11.1 Å². The highest BCUT2D eigenvalue weighted by atomic mass is 79.9. The Hall–Kier alpha value is -2.02. The number of alkyl halides is 1. The van der Waals surface area contributed by atoms with E-state index >= 15 is 0 Å². The van der Waals surface area contributed by atoms with Crippen LogP contribution in [0, 0.1) is 0 Å². The van der Waals surface area contributed by atoms with Crippen molar-refractivity contribution in [2.24, 2.45) is 0 Å². The molecule has 0 saturated carbocycles. The second-order valence-electron chi connectivity index (χ2n) is 7.27. The molecule has 2 aliphatic heterocycles. The molecule has 1 spiro atoms. The topological polar surface area (TPSA) is 56.2 Å². The maximum absolute atomic E-state index is 9.24. The highest BCUT2D eigenvalue weighted by Gasteiger charge is 2.58. The van der Waals surface area contributed by atoms with Crippen molar-refractivity contribution in [3.05, 3.63) is 59.2 Å². The second kappa shape index (κ2) is 5.74. The van der Waals surface area contributed by atoms with Gasteiger partial charge in [-0.25, -0.2) is 0 Å². The summed E-state index contributed by atoms with van der Waals surface area (Å²) in [6.07, 6.45) is 4.06. The highest BCUT2D eigenvalue weighted by Crippen LogP contribution is 2.55. The molecule has 136 valence electrons. The summed E-state index contributed by atoms with van der Waals surface area (Å²) in [5.74, 6) is 0.714. The van der Waals surface area contributed by atoms with Crippen molar-refractivity contribution in [3.8, 4) is 5.75 Å². The first-order valence-corrected chi connectivity index (χ1v) is 9.56. The molecule has 0 aromatic heterocycles. The Morgan fingerprint density at radius 1 is 1.19 bits per heavy atom. The van der Waals surface area contributed by atoms with Crippen LogP contribution in [0.4, 0.5) is 11.4 Å². The van der Waals surface area contributed by atoms with Gasteiger partial charge in [-0.2, -0.15) is 0 Å². The van der Waals surface area contributed by atoms with Crippen molar-refractivity contribution in [2.45, 2.75) is 30.3 Å². The van der Waals surface area contributed by atoms with Gasteiger partial charge in [-0.1, -0.05) is 28.1 Å². The fraction of sp³-hybridized carbons (Fsp3) is 0.300. The molecule has 0 fully saturated rings. The summed E-state index contributed by atoms with van der Waals surface area (Å²) in [7, 11) is 2.05. The van der Waals surface area contributed by atoms with Gasteiger partial charge in [-0.05, 0) is 61.4 Å². The Bertz CT molecular complexity index is 910. The Balaban J connectivity index is 1.85. The van der Waals surface area contributed by atoms with Crippen LogP contribution in [-0.2, 0) is 10.7 Å². The van der Waals surface area contributed by atoms with Gasteiger partial charge in [-0.15, -0.1) is 5.23 Å². The van der Waals surface area contributed by atoms with Crippen molar-refractivity contribution >= 4 is 33.4 Å². The normalized spacial score (nSPS) is 22.2. The van der Waals surface area contributed by atoms with Crippen molar-refractivity contribution < 1.29 is 15.2 Å². The van der Waals surface area contributed by atoms with Crippen LogP contribution in [0.2, 0.25) is 0 Å². The van der Waals surface area contributed by atoms with Crippen molar-refractivity contribution in [2.75, 3.05) is 17.2 Å². The molecular weight excluding hydrogens is 396 g/mol. The predicted molar refractivity (Wildman–Crippen MR) is 105 cm³/mol. The van der Waals surface area contributed by atoms with Gasteiger partial charge < -0.3 is 9.64 Å². The second-order valence-corrected chi connectivity index (χ2v) is 7.83. The number of hydrogen-bond acceptors (Lipinski definition) is 5. The summed E-state index contributed by atoms with van der Waals surface area (Å²) in [5.41, 5.74) is 3.85. The SMILES string of the molecule is CN1c2cccc(CBr)c2C(C)(C)C12C=Cc1cc(N(O)O)ccc1O2. The quantitative estimate of drug-likeness (QED) is 0.548. The average Bonchev–Trinajstić information content (AvgIpc) is 2.80. The lowest BCUT2D eigenvalue weighted by Gasteiger charge is -2.46. The van der Waals surface area contributed by atoms with E-state index < -0.39 is 5.72 Å². The summed E-state index contributed by atoms with van der Waals surface area (Å²) < 4.78 is 6.57. The van der Waals surface area contributed by atoms with Crippen LogP contribution < -0.4 is 14.9 Å². The monoisotopic (exact) mass is 416 g/mol. The van der Waals surface area contributed by atoms with Crippen LogP contribution in [0.3, 0.4) is 0 Å². The molecule has 0 radical (unpaired) electrons. The molecule has 0 saturated heterocycles. The van der Waals surface area contributed by atoms with E-state index in [1.54, 1.807) is 18.2 Å². The highest BCUT2D eigenvalue weighted by molar-refractivity contribution is 9.08. The van der Waals surface area contributed by atoms with Gasteiger partial charge in [0.05, 0.1) is 11.1 Å². The number of hydrogen-bond donors (Lipinski definition) is 2.